The molecular formula is C27H24Cl2N2O3. The fraction of sp³-hybridized carbons (Fsp3) is 0.185. The number of carboxylic acids is 1. The van der Waals surface area contributed by atoms with Crippen molar-refractivity contribution >= 4 is 29.2 Å². The molecule has 0 unspecified atom stereocenters. The molecule has 0 bridgehead atoms. The number of carbonyl (C=O) groups is 1. The van der Waals surface area contributed by atoms with E-state index in [1.807, 2.05) is 43.5 Å². The van der Waals surface area contributed by atoms with Gasteiger partial charge in [0.1, 0.15) is 18.0 Å². The molecule has 3 aromatic carbocycles. The van der Waals surface area contributed by atoms with Crippen LogP contribution in [0.3, 0.4) is 0 Å². The van der Waals surface area contributed by atoms with Gasteiger partial charge in [0.25, 0.3) is 0 Å². The standard InChI is InChI=1S/C27H24Cl2N2O3/c1-16(2)22-14-30-31(26-23(28)5-4-6-24(26)29)25(22)15-34-20-11-12-21(17(3)13-20)18-7-9-19(10-8-18)27(32)33/h4-14,16H,15H2,1-3H3,(H,32,33). The van der Waals surface area contributed by atoms with Crippen LogP contribution in [0.15, 0.2) is 66.9 Å². The van der Waals surface area contributed by atoms with Crippen molar-refractivity contribution in [1.82, 2.24) is 9.78 Å². The number of aromatic nitrogens is 2. The number of ether oxygens (including phenoxy) is 1. The van der Waals surface area contributed by atoms with Crippen LogP contribution >= 0.6 is 23.2 Å². The van der Waals surface area contributed by atoms with Gasteiger partial charge in [-0.15, -0.1) is 0 Å². The van der Waals surface area contributed by atoms with Crippen LogP contribution in [0.4, 0.5) is 0 Å². The van der Waals surface area contributed by atoms with Crippen LogP contribution in [-0.2, 0) is 6.61 Å². The van der Waals surface area contributed by atoms with Crippen LogP contribution < -0.4 is 4.74 Å². The molecule has 4 aromatic rings. The molecule has 0 aliphatic heterocycles. The van der Waals surface area contributed by atoms with Crippen LogP contribution in [-0.4, -0.2) is 20.9 Å². The molecule has 0 atom stereocenters. The zero-order valence-corrected chi connectivity index (χ0v) is 20.6. The van der Waals surface area contributed by atoms with Gasteiger partial charge in [-0.05, 0) is 71.5 Å². The number of aromatic carboxylic acids is 1. The van der Waals surface area contributed by atoms with Crippen molar-refractivity contribution in [2.24, 2.45) is 0 Å². The highest BCUT2D eigenvalue weighted by Crippen LogP contribution is 2.33. The third-order valence-corrected chi connectivity index (χ3v) is 6.30. The predicted octanol–water partition coefficient (Wildman–Crippen LogP) is 7.56. The molecule has 1 N–H and O–H groups in total. The molecule has 0 amide bonds. The molecule has 0 aliphatic carbocycles. The fourth-order valence-corrected chi connectivity index (χ4v) is 4.45. The first-order valence-electron chi connectivity index (χ1n) is 10.8. The number of carboxylic acid groups (broad SMARTS) is 1. The number of hydrogen-bond donors (Lipinski definition) is 1. The average Bonchev–Trinajstić information content (AvgIpc) is 3.21. The summed E-state index contributed by atoms with van der Waals surface area (Å²) < 4.78 is 7.94. The van der Waals surface area contributed by atoms with Crippen LogP contribution in [0.1, 0.15) is 46.9 Å². The van der Waals surface area contributed by atoms with Crippen molar-refractivity contribution < 1.29 is 14.6 Å². The monoisotopic (exact) mass is 494 g/mol. The number of halogens is 2. The van der Waals surface area contributed by atoms with E-state index < -0.39 is 5.97 Å². The molecule has 0 spiro atoms. The lowest BCUT2D eigenvalue weighted by Crippen LogP contribution is -2.09. The SMILES string of the molecule is Cc1cc(OCc2c(C(C)C)cnn2-c2c(Cl)cccc2Cl)ccc1-c1ccc(C(=O)O)cc1. The Hall–Kier alpha value is -3.28. The Balaban J connectivity index is 1.61. The van der Waals surface area contributed by atoms with E-state index >= 15 is 0 Å². The van der Waals surface area contributed by atoms with E-state index in [9.17, 15) is 4.79 Å². The Kier molecular flexibility index (Phi) is 6.96. The van der Waals surface area contributed by atoms with Crippen molar-refractivity contribution in [3.05, 3.63) is 99.3 Å². The summed E-state index contributed by atoms with van der Waals surface area (Å²) in [6.45, 7) is 6.50. The summed E-state index contributed by atoms with van der Waals surface area (Å²) in [6, 6.07) is 18.1. The Morgan fingerprint density at radius 2 is 1.74 bits per heavy atom. The van der Waals surface area contributed by atoms with Crippen molar-refractivity contribution in [3.8, 4) is 22.6 Å². The molecule has 4 rings (SSSR count). The minimum absolute atomic E-state index is 0.242. The van der Waals surface area contributed by atoms with Gasteiger partial charge in [-0.1, -0.05) is 61.3 Å². The van der Waals surface area contributed by atoms with Gasteiger partial charge in [0.15, 0.2) is 0 Å². The van der Waals surface area contributed by atoms with E-state index in [1.165, 1.54) is 0 Å². The maximum absolute atomic E-state index is 11.1. The maximum Gasteiger partial charge on any atom is 0.335 e. The summed E-state index contributed by atoms with van der Waals surface area (Å²) in [7, 11) is 0. The smallest absolute Gasteiger partial charge is 0.335 e. The summed E-state index contributed by atoms with van der Waals surface area (Å²) in [5.74, 6) is 0.0210. The number of hydrogen-bond acceptors (Lipinski definition) is 3. The van der Waals surface area contributed by atoms with Gasteiger partial charge in [-0.2, -0.15) is 5.10 Å². The van der Waals surface area contributed by atoms with Gasteiger partial charge in [0, 0.05) is 0 Å². The highest BCUT2D eigenvalue weighted by Gasteiger charge is 2.19. The van der Waals surface area contributed by atoms with E-state index in [0.29, 0.717) is 22.3 Å². The molecule has 1 aromatic heterocycles. The first-order chi connectivity index (χ1) is 16.3. The van der Waals surface area contributed by atoms with Gasteiger partial charge in [0.2, 0.25) is 0 Å². The number of rotatable bonds is 7. The number of benzene rings is 3. The Morgan fingerprint density at radius 3 is 2.32 bits per heavy atom. The number of nitrogens with zero attached hydrogens (tertiary/aromatic N) is 2. The minimum atomic E-state index is -0.940. The second-order valence-corrected chi connectivity index (χ2v) is 9.15. The quantitative estimate of drug-likeness (QED) is 0.287. The molecular weight excluding hydrogens is 471 g/mol. The Labute approximate surface area is 208 Å². The lowest BCUT2D eigenvalue weighted by Gasteiger charge is -2.15. The molecule has 0 aliphatic rings. The molecule has 34 heavy (non-hydrogen) atoms. The van der Waals surface area contributed by atoms with Gasteiger partial charge in [-0.25, -0.2) is 9.48 Å². The van der Waals surface area contributed by atoms with Crippen LogP contribution in [0, 0.1) is 6.92 Å². The minimum Gasteiger partial charge on any atom is -0.487 e. The fourth-order valence-electron chi connectivity index (χ4n) is 3.89. The molecule has 0 radical (unpaired) electrons. The second-order valence-electron chi connectivity index (χ2n) is 8.33. The third-order valence-electron chi connectivity index (χ3n) is 5.69. The Morgan fingerprint density at radius 1 is 1.06 bits per heavy atom. The average molecular weight is 495 g/mol. The zero-order valence-electron chi connectivity index (χ0n) is 19.0. The predicted molar refractivity (Wildman–Crippen MR) is 136 cm³/mol. The molecule has 5 nitrogen and oxygen atoms in total. The van der Waals surface area contributed by atoms with E-state index in [0.717, 1.165) is 33.7 Å². The Bertz CT molecular complexity index is 1320. The van der Waals surface area contributed by atoms with Crippen molar-refractivity contribution in [3.63, 3.8) is 0 Å². The second kappa shape index (κ2) is 9.92. The molecule has 1 heterocycles. The normalized spacial score (nSPS) is 11.1. The van der Waals surface area contributed by atoms with E-state index in [1.54, 1.807) is 35.0 Å². The highest BCUT2D eigenvalue weighted by molar-refractivity contribution is 6.37. The van der Waals surface area contributed by atoms with Gasteiger partial charge < -0.3 is 9.84 Å². The maximum atomic E-state index is 11.1. The summed E-state index contributed by atoms with van der Waals surface area (Å²) in [4.78, 5) is 11.1. The lowest BCUT2D eigenvalue weighted by atomic mass is 9.99. The summed E-state index contributed by atoms with van der Waals surface area (Å²) in [6.07, 6.45) is 1.83. The third kappa shape index (κ3) is 4.81. The van der Waals surface area contributed by atoms with Gasteiger partial charge >= 0.3 is 5.97 Å². The van der Waals surface area contributed by atoms with E-state index in [2.05, 4.69) is 18.9 Å². The van der Waals surface area contributed by atoms with Gasteiger partial charge in [-0.3, -0.25) is 0 Å². The van der Waals surface area contributed by atoms with E-state index in [-0.39, 0.29) is 11.5 Å². The topological polar surface area (TPSA) is 64.4 Å². The van der Waals surface area contributed by atoms with Gasteiger partial charge in [0.05, 0.1) is 27.5 Å². The molecule has 0 fully saturated rings. The first kappa shape index (κ1) is 23.9. The molecule has 0 saturated heterocycles. The molecule has 7 heteroatoms. The largest absolute Gasteiger partial charge is 0.487 e. The summed E-state index contributed by atoms with van der Waals surface area (Å²) in [5.41, 5.74) is 5.82. The lowest BCUT2D eigenvalue weighted by molar-refractivity contribution is 0.0697. The summed E-state index contributed by atoms with van der Waals surface area (Å²) >= 11 is 12.9. The highest BCUT2D eigenvalue weighted by atomic mass is 35.5. The van der Waals surface area contributed by atoms with Crippen LogP contribution in [0.2, 0.25) is 10.0 Å². The molecule has 174 valence electrons. The zero-order chi connectivity index (χ0) is 24.4. The summed E-state index contributed by atoms with van der Waals surface area (Å²) in [5, 5.41) is 14.7. The van der Waals surface area contributed by atoms with Crippen LogP contribution in [0.25, 0.3) is 16.8 Å². The number of aryl methyl sites for hydroxylation is 1. The van der Waals surface area contributed by atoms with E-state index in [4.69, 9.17) is 33.0 Å². The van der Waals surface area contributed by atoms with Crippen molar-refractivity contribution in [1.29, 1.82) is 0 Å². The van der Waals surface area contributed by atoms with Crippen molar-refractivity contribution in [2.45, 2.75) is 33.3 Å². The molecule has 0 saturated carbocycles. The van der Waals surface area contributed by atoms with Crippen molar-refractivity contribution in [2.75, 3.05) is 0 Å². The first-order valence-corrected chi connectivity index (χ1v) is 11.6. The van der Waals surface area contributed by atoms with Crippen LogP contribution in [0.5, 0.6) is 5.75 Å². The number of para-hydroxylation sites is 1.